The predicted molar refractivity (Wildman–Crippen MR) is 148 cm³/mol. The van der Waals surface area contributed by atoms with Crippen molar-refractivity contribution < 1.29 is 23.2 Å². The third kappa shape index (κ3) is 3.14. The van der Waals surface area contributed by atoms with Crippen molar-refractivity contribution in [3.05, 3.63) is 142 Å². The van der Waals surface area contributed by atoms with Gasteiger partial charge in [-0.25, -0.2) is 8.78 Å². The molecule has 0 aromatic heterocycles. The van der Waals surface area contributed by atoms with E-state index < -0.39 is 52.4 Å². The van der Waals surface area contributed by atoms with Crippen LogP contribution >= 0.6 is 11.6 Å². The Morgan fingerprint density at radius 1 is 0.825 bits per heavy atom. The van der Waals surface area contributed by atoms with Crippen LogP contribution in [0.3, 0.4) is 0 Å². The van der Waals surface area contributed by atoms with Crippen molar-refractivity contribution in [2.24, 2.45) is 5.41 Å². The number of fused-ring (bicyclic) bond motifs is 5. The van der Waals surface area contributed by atoms with Gasteiger partial charge in [-0.15, -0.1) is 0 Å². The van der Waals surface area contributed by atoms with Crippen molar-refractivity contribution in [1.82, 2.24) is 0 Å². The van der Waals surface area contributed by atoms with Gasteiger partial charge in [0.1, 0.15) is 23.1 Å². The van der Waals surface area contributed by atoms with Crippen LogP contribution in [-0.4, -0.2) is 29.4 Å². The lowest BCUT2D eigenvalue weighted by Gasteiger charge is -2.37. The highest BCUT2D eigenvalue weighted by Gasteiger charge is 2.72. The highest BCUT2D eigenvalue weighted by Crippen LogP contribution is 2.61. The molecule has 1 saturated heterocycles. The van der Waals surface area contributed by atoms with E-state index >= 15 is 4.39 Å². The third-order valence-corrected chi connectivity index (χ3v) is 8.74. The Balaban J connectivity index is 1.58. The van der Waals surface area contributed by atoms with Crippen molar-refractivity contribution in [2.75, 3.05) is 4.90 Å². The standard InChI is InChI=1S/C33H20ClF2NO3/c34-24-11-5-3-9-22(24)30(38)29-28(23-10-4-6-12-25(23)36)33(31(39)20-7-1-2-8-21(20)32(33)40)27-16-13-18-17-19(35)14-15-26(18)37(27)29/h1-17,27-29H/t27?,28-,29+/m0/s1. The Bertz CT molecular complexity index is 1760. The van der Waals surface area contributed by atoms with Crippen molar-refractivity contribution >= 4 is 40.7 Å². The first-order valence-electron chi connectivity index (χ1n) is 12.8. The summed E-state index contributed by atoms with van der Waals surface area (Å²) < 4.78 is 30.1. The van der Waals surface area contributed by atoms with E-state index in [1.165, 1.54) is 36.4 Å². The van der Waals surface area contributed by atoms with Gasteiger partial charge in [-0.3, -0.25) is 14.4 Å². The van der Waals surface area contributed by atoms with Gasteiger partial charge < -0.3 is 4.90 Å². The number of carbonyl (C=O) groups is 3. The van der Waals surface area contributed by atoms with Crippen LogP contribution in [-0.2, 0) is 0 Å². The summed E-state index contributed by atoms with van der Waals surface area (Å²) >= 11 is 6.49. The van der Waals surface area contributed by atoms with Crippen molar-refractivity contribution in [2.45, 2.75) is 18.0 Å². The first kappa shape index (κ1) is 24.6. The fourth-order valence-corrected chi connectivity index (χ4v) is 7.07. The zero-order chi connectivity index (χ0) is 27.8. The fraction of sp³-hybridized carbons (Fsp3) is 0.121. The molecule has 7 rings (SSSR count). The Labute approximate surface area is 233 Å². The molecule has 1 unspecified atom stereocenters. The van der Waals surface area contributed by atoms with Crippen LogP contribution in [0.5, 0.6) is 0 Å². The molecule has 1 fully saturated rings. The van der Waals surface area contributed by atoms with Crippen molar-refractivity contribution in [3.8, 4) is 0 Å². The van der Waals surface area contributed by atoms with Crippen LogP contribution in [0, 0.1) is 17.0 Å². The van der Waals surface area contributed by atoms with Gasteiger partial charge in [0.05, 0.1) is 11.1 Å². The molecule has 0 amide bonds. The Kier molecular flexibility index (Phi) is 5.41. The molecule has 7 heteroatoms. The second kappa shape index (κ2) is 8.80. The van der Waals surface area contributed by atoms with E-state index in [4.69, 9.17) is 11.6 Å². The second-order valence-electron chi connectivity index (χ2n) is 10.3. The molecule has 2 aliphatic heterocycles. The van der Waals surface area contributed by atoms with E-state index in [1.54, 1.807) is 71.6 Å². The molecule has 4 nitrogen and oxygen atoms in total. The SMILES string of the molecule is O=C(c1ccccc1Cl)[C@H]1[C@H](c2ccccc2F)C2(C(=O)c3ccccc3C2=O)C2C=Cc3cc(F)ccc3N21. The first-order chi connectivity index (χ1) is 19.4. The maximum Gasteiger partial charge on any atom is 0.187 e. The van der Waals surface area contributed by atoms with Gasteiger partial charge in [0.2, 0.25) is 0 Å². The zero-order valence-electron chi connectivity index (χ0n) is 20.9. The lowest BCUT2D eigenvalue weighted by molar-refractivity contribution is 0.0664. The van der Waals surface area contributed by atoms with Gasteiger partial charge in [0.25, 0.3) is 0 Å². The number of halogens is 3. The number of rotatable bonds is 3. The Morgan fingerprint density at radius 2 is 1.48 bits per heavy atom. The molecule has 0 radical (unpaired) electrons. The third-order valence-electron chi connectivity index (χ3n) is 8.41. The van der Waals surface area contributed by atoms with Gasteiger partial charge >= 0.3 is 0 Å². The summed E-state index contributed by atoms with van der Waals surface area (Å²) in [4.78, 5) is 45.3. The molecule has 0 N–H and O–H groups in total. The molecule has 0 saturated carbocycles. The fourth-order valence-electron chi connectivity index (χ4n) is 6.84. The largest absolute Gasteiger partial charge is 0.352 e. The molecule has 1 aliphatic carbocycles. The Morgan fingerprint density at radius 3 is 2.17 bits per heavy atom. The molecule has 2 heterocycles. The number of nitrogens with zero attached hydrogens (tertiary/aromatic N) is 1. The molecule has 4 aromatic rings. The second-order valence-corrected chi connectivity index (χ2v) is 10.7. The van der Waals surface area contributed by atoms with E-state index in [0.717, 1.165) is 0 Å². The van der Waals surface area contributed by atoms with E-state index in [9.17, 15) is 18.8 Å². The molecule has 4 aromatic carbocycles. The van der Waals surface area contributed by atoms with Crippen molar-refractivity contribution in [3.63, 3.8) is 0 Å². The minimum Gasteiger partial charge on any atom is -0.352 e. The summed E-state index contributed by atoms with van der Waals surface area (Å²) in [6.45, 7) is 0. The normalized spacial score (nSPS) is 21.9. The number of hydrogen-bond donors (Lipinski definition) is 0. The quantitative estimate of drug-likeness (QED) is 0.204. The lowest BCUT2D eigenvalue weighted by Crippen LogP contribution is -2.48. The first-order valence-corrected chi connectivity index (χ1v) is 13.2. The molecule has 40 heavy (non-hydrogen) atoms. The van der Waals surface area contributed by atoms with Crippen LogP contribution in [0.4, 0.5) is 14.5 Å². The molecule has 1 spiro atoms. The maximum absolute atomic E-state index is 15.8. The van der Waals surface area contributed by atoms with Crippen molar-refractivity contribution in [1.29, 1.82) is 0 Å². The van der Waals surface area contributed by atoms with Gasteiger partial charge in [-0.2, -0.15) is 0 Å². The van der Waals surface area contributed by atoms with E-state index in [0.29, 0.717) is 11.3 Å². The highest BCUT2D eigenvalue weighted by molar-refractivity contribution is 6.35. The summed E-state index contributed by atoms with van der Waals surface area (Å²) in [6, 6.07) is 20.9. The summed E-state index contributed by atoms with van der Waals surface area (Å²) in [5.74, 6) is -3.74. The topological polar surface area (TPSA) is 54.5 Å². The van der Waals surface area contributed by atoms with E-state index in [2.05, 4.69) is 0 Å². The van der Waals surface area contributed by atoms with Crippen LogP contribution in [0.2, 0.25) is 5.02 Å². The molecular weight excluding hydrogens is 532 g/mol. The minimum absolute atomic E-state index is 0.0777. The smallest absolute Gasteiger partial charge is 0.187 e. The molecule has 196 valence electrons. The molecular formula is C33H20ClF2NO3. The maximum atomic E-state index is 15.8. The van der Waals surface area contributed by atoms with Gasteiger partial charge in [0.15, 0.2) is 17.3 Å². The zero-order valence-corrected chi connectivity index (χ0v) is 21.6. The number of hydrogen-bond acceptors (Lipinski definition) is 4. The van der Waals surface area contributed by atoms with Gasteiger partial charge in [-0.05, 0) is 42.0 Å². The number of carbonyl (C=O) groups excluding carboxylic acids is 3. The number of ketones is 3. The molecule has 3 atom stereocenters. The van der Waals surface area contributed by atoms with Gasteiger partial charge in [-0.1, -0.05) is 78.4 Å². The Hall–Kier alpha value is -4.42. The lowest BCUT2D eigenvalue weighted by atomic mass is 9.64. The number of anilines is 1. The molecule has 3 aliphatic rings. The summed E-state index contributed by atoms with van der Waals surface area (Å²) in [6.07, 6.45) is 3.32. The number of benzene rings is 4. The summed E-state index contributed by atoms with van der Waals surface area (Å²) in [5.41, 5.74) is -0.178. The van der Waals surface area contributed by atoms with Crippen LogP contribution in [0.25, 0.3) is 6.08 Å². The summed E-state index contributed by atoms with van der Waals surface area (Å²) in [7, 11) is 0. The molecule has 0 bridgehead atoms. The predicted octanol–water partition coefficient (Wildman–Crippen LogP) is 6.93. The highest BCUT2D eigenvalue weighted by atomic mass is 35.5. The van der Waals surface area contributed by atoms with Crippen LogP contribution in [0.1, 0.15) is 48.1 Å². The van der Waals surface area contributed by atoms with Crippen LogP contribution < -0.4 is 4.90 Å². The van der Waals surface area contributed by atoms with Crippen LogP contribution in [0.15, 0.2) is 97.1 Å². The minimum atomic E-state index is -1.85. The van der Waals surface area contributed by atoms with E-state index in [-0.39, 0.29) is 27.3 Å². The van der Waals surface area contributed by atoms with Gasteiger partial charge in [0, 0.05) is 33.9 Å². The number of Topliss-reactive ketones (excluding diaryl/α,β-unsaturated/α-hetero) is 3. The average Bonchev–Trinajstić information content (AvgIpc) is 3.39. The van der Waals surface area contributed by atoms with E-state index in [1.807, 2.05) is 0 Å². The average molecular weight is 552 g/mol. The monoisotopic (exact) mass is 551 g/mol. The summed E-state index contributed by atoms with van der Waals surface area (Å²) in [5, 5.41) is 0.191.